The SMILES string of the molecule is CCCC[Si](OC(C)C)(OC(C)C)OC(C)C.O=CS. The summed E-state index contributed by atoms with van der Waals surface area (Å²) in [7, 11) is -2.51. The first-order chi connectivity index (χ1) is 9.22. The van der Waals surface area contributed by atoms with Crippen LogP contribution in [0.5, 0.6) is 0 Å². The van der Waals surface area contributed by atoms with Gasteiger partial charge in [-0.1, -0.05) is 13.3 Å². The molecule has 0 bridgehead atoms. The van der Waals surface area contributed by atoms with Crippen molar-refractivity contribution in [3.63, 3.8) is 0 Å². The van der Waals surface area contributed by atoms with Crippen molar-refractivity contribution in [2.24, 2.45) is 0 Å². The number of carbonyl (C=O) groups is 1. The molecule has 122 valence electrons. The van der Waals surface area contributed by atoms with E-state index < -0.39 is 8.80 Å². The summed E-state index contributed by atoms with van der Waals surface area (Å²) >= 11 is 3.11. The number of carbonyl (C=O) groups excluding carboxylic acids is 1. The molecule has 0 heterocycles. The molecular weight excluding hydrogens is 292 g/mol. The third-order valence-electron chi connectivity index (χ3n) is 2.08. The summed E-state index contributed by atoms with van der Waals surface area (Å²) in [5, 5.41) is 0. The summed E-state index contributed by atoms with van der Waals surface area (Å²) in [6.45, 7) is 14.4. The Morgan fingerprint density at radius 3 is 1.45 bits per heavy atom. The van der Waals surface area contributed by atoms with E-state index in [0.29, 0.717) is 5.62 Å². The van der Waals surface area contributed by atoms with E-state index in [-0.39, 0.29) is 18.3 Å². The summed E-state index contributed by atoms with van der Waals surface area (Å²) in [6, 6.07) is 0.915. The maximum atomic E-state index is 8.67. The highest BCUT2D eigenvalue weighted by atomic mass is 32.1. The summed E-state index contributed by atoms with van der Waals surface area (Å²) in [4.78, 5) is 8.67. The third-order valence-corrected chi connectivity index (χ3v) is 5.54. The highest BCUT2D eigenvalue weighted by Crippen LogP contribution is 2.24. The molecule has 0 aromatic carbocycles. The number of rotatable bonds is 9. The number of unbranched alkanes of at least 4 members (excludes halogenated alkanes) is 1. The Bertz CT molecular complexity index is 209. The zero-order valence-electron chi connectivity index (χ0n) is 14.0. The second-order valence-electron chi connectivity index (χ2n) is 5.39. The zero-order chi connectivity index (χ0) is 16.2. The molecule has 0 fully saturated rings. The molecule has 0 saturated heterocycles. The van der Waals surface area contributed by atoms with Crippen molar-refractivity contribution in [1.82, 2.24) is 0 Å². The predicted octanol–water partition coefficient (Wildman–Crippen LogP) is 4.11. The van der Waals surface area contributed by atoms with Crippen LogP contribution in [0.4, 0.5) is 0 Å². The fourth-order valence-electron chi connectivity index (χ4n) is 1.73. The number of thiol groups is 1. The lowest BCUT2D eigenvalue weighted by Crippen LogP contribution is -2.50. The van der Waals surface area contributed by atoms with Gasteiger partial charge < -0.3 is 13.3 Å². The molecule has 4 nitrogen and oxygen atoms in total. The molecule has 0 aromatic heterocycles. The second kappa shape index (κ2) is 12.8. The summed E-state index contributed by atoms with van der Waals surface area (Å²) in [5.74, 6) is 0. The fourth-order valence-corrected chi connectivity index (χ4v) is 5.19. The van der Waals surface area contributed by atoms with Crippen molar-refractivity contribution in [3.05, 3.63) is 0 Å². The van der Waals surface area contributed by atoms with Crippen molar-refractivity contribution in [2.45, 2.75) is 85.7 Å². The fraction of sp³-hybridized carbons (Fsp3) is 0.929. The molecule has 0 atom stereocenters. The van der Waals surface area contributed by atoms with Crippen LogP contribution in [-0.4, -0.2) is 32.7 Å². The zero-order valence-corrected chi connectivity index (χ0v) is 15.9. The predicted molar refractivity (Wildman–Crippen MR) is 89.9 cm³/mol. The Balaban J connectivity index is 0. The van der Waals surface area contributed by atoms with Crippen LogP contribution in [0.15, 0.2) is 0 Å². The van der Waals surface area contributed by atoms with Gasteiger partial charge >= 0.3 is 8.80 Å². The van der Waals surface area contributed by atoms with E-state index in [2.05, 4.69) is 19.6 Å². The van der Waals surface area contributed by atoms with Crippen LogP contribution in [0.25, 0.3) is 0 Å². The molecule has 0 spiro atoms. The minimum atomic E-state index is -2.51. The van der Waals surface area contributed by atoms with Gasteiger partial charge in [0.15, 0.2) is 5.62 Å². The van der Waals surface area contributed by atoms with Crippen molar-refractivity contribution in [1.29, 1.82) is 0 Å². The topological polar surface area (TPSA) is 44.8 Å². The normalized spacial score (nSPS) is 11.8. The lowest BCUT2D eigenvalue weighted by molar-refractivity contribution is 0.00286. The molecule has 0 aliphatic heterocycles. The Morgan fingerprint density at radius 1 is 0.950 bits per heavy atom. The molecule has 0 radical (unpaired) electrons. The quantitative estimate of drug-likeness (QED) is 0.394. The van der Waals surface area contributed by atoms with Crippen molar-refractivity contribution in [2.75, 3.05) is 0 Å². The molecule has 0 N–H and O–H groups in total. The van der Waals surface area contributed by atoms with Crippen molar-refractivity contribution < 1.29 is 18.1 Å². The van der Waals surface area contributed by atoms with Gasteiger partial charge in [-0.3, -0.25) is 4.79 Å². The highest BCUT2D eigenvalue weighted by molar-refractivity contribution is 7.94. The first-order valence-corrected chi connectivity index (χ1v) is 9.79. The van der Waals surface area contributed by atoms with Gasteiger partial charge in [-0.2, -0.15) is 0 Å². The van der Waals surface area contributed by atoms with Gasteiger partial charge in [-0.05, 0) is 48.0 Å². The molecule has 0 aliphatic carbocycles. The van der Waals surface area contributed by atoms with Crippen LogP contribution in [0.3, 0.4) is 0 Å². The first kappa shape index (κ1) is 22.4. The van der Waals surface area contributed by atoms with E-state index in [1.807, 2.05) is 41.5 Å². The molecule has 6 heteroatoms. The molecule has 0 aromatic rings. The van der Waals surface area contributed by atoms with E-state index in [1.165, 1.54) is 0 Å². The summed E-state index contributed by atoms with van der Waals surface area (Å²) in [6.07, 6.45) is 2.68. The number of hydrogen-bond acceptors (Lipinski definition) is 4. The molecular formula is C14H32O4SSi. The van der Waals surface area contributed by atoms with Gasteiger partial charge in [0.05, 0.1) is 0 Å². The second-order valence-corrected chi connectivity index (χ2v) is 8.18. The van der Waals surface area contributed by atoms with Crippen molar-refractivity contribution >= 4 is 27.1 Å². The maximum absolute atomic E-state index is 8.67. The first-order valence-electron chi connectivity index (χ1n) is 7.34. The lowest BCUT2D eigenvalue weighted by Gasteiger charge is -2.34. The van der Waals surface area contributed by atoms with E-state index >= 15 is 0 Å². The standard InChI is InChI=1S/C13H30O3Si.CH2OS/c1-8-9-10-17(14-11(2)3,15-12(4)5)16-13(6)7;2-1-3/h11-13H,8-10H2,1-7H3;1H,(H,2,3). The van der Waals surface area contributed by atoms with E-state index in [4.69, 9.17) is 18.1 Å². The number of hydrogen-bond donors (Lipinski definition) is 1. The van der Waals surface area contributed by atoms with Gasteiger partial charge in [0.25, 0.3) is 0 Å². The average molecular weight is 325 g/mol. The van der Waals surface area contributed by atoms with Gasteiger partial charge in [-0.15, -0.1) is 12.6 Å². The molecule has 20 heavy (non-hydrogen) atoms. The molecule has 0 rings (SSSR count). The lowest BCUT2D eigenvalue weighted by atomic mass is 10.4. The van der Waals surface area contributed by atoms with Crippen LogP contribution < -0.4 is 0 Å². The molecule has 0 saturated carbocycles. The average Bonchev–Trinajstić information content (AvgIpc) is 2.24. The largest absolute Gasteiger partial charge is 0.501 e. The van der Waals surface area contributed by atoms with E-state index in [0.717, 1.165) is 18.9 Å². The molecule has 0 aliphatic rings. The Hall–Kier alpha value is 0.117. The van der Waals surface area contributed by atoms with Gasteiger partial charge in [0.2, 0.25) is 0 Å². The smallest absolute Gasteiger partial charge is 0.371 e. The van der Waals surface area contributed by atoms with E-state index in [1.54, 1.807) is 0 Å². The summed E-state index contributed by atoms with van der Waals surface area (Å²) < 4.78 is 18.2. The minimum Gasteiger partial charge on any atom is -0.371 e. The van der Waals surface area contributed by atoms with Crippen LogP contribution in [0.2, 0.25) is 6.04 Å². The maximum Gasteiger partial charge on any atom is 0.501 e. The monoisotopic (exact) mass is 324 g/mol. The highest BCUT2D eigenvalue weighted by Gasteiger charge is 2.43. The van der Waals surface area contributed by atoms with Crippen LogP contribution in [0.1, 0.15) is 61.3 Å². The van der Waals surface area contributed by atoms with Crippen LogP contribution in [-0.2, 0) is 18.1 Å². The van der Waals surface area contributed by atoms with Gasteiger partial charge in [-0.25, -0.2) is 0 Å². The third kappa shape index (κ3) is 13.1. The van der Waals surface area contributed by atoms with Crippen LogP contribution >= 0.6 is 12.6 Å². The molecule has 0 unspecified atom stereocenters. The van der Waals surface area contributed by atoms with Crippen LogP contribution in [0, 0.1) is 0 Å². The van der Waals surface area contributed by atoms with Gasteiger partial charge in [0.1, 0.15) is 0 Å². The Morgan fingerprint density at radius 2 is 1.25 bits per heavy atom. The van der Waals surface area contributed by atoms with Crippen molar-refractivity contribution in [3.8, 4) is 0 Å². The molecule has 0 amide bonds. The van der Waals surface area contributed by atoms with Gasteiger partial charge in [0, 0.05) is 24.4 Å². The minimum absolute atomic E-state index is 0.149. The Labute approximate surface area is 131 Å². The summed E-state index contributed by atoms with van der Waals surface area (Å²) in [5.41, 5.74) is 0.444. The Kier molecular flexibility index (Phi) is 14.4. The van der Waals surface area contributed by atoms with E-state index in [9.17, 15) is 0 Å².